The largest absolute Gasteiger partial charge is 0.496 e. The van der Waals surface area contributed by atoms with Crippen molar-refractivity contribution in [1.82, 2.24) is 20.6 Å². The van der Waals surface area contributed by atoms with Gasteiger partial charge < -0.3 is 30.7 Å². The van der Waals surface area contributed by atoms with Crippen LogP contribution in [0.5, 0.6) is 11.5 Å². The minimum Gasteiger partial charge on any atom is -0.496 e. The lowest BCUT2D eigenvalue weighted by Gasteiger charge is -2.17. The Kier molecular flexibility index (Phi) is 14.7. The van der Waals surface area contributed by atoms with Crippen molar-refractivity contribution >= 4 is 42.6 Å². The van der Waals surface area contributed by atoms with E-state index in [1.165, 1.54) is 14.2 Å². The minimum atomic E-state index is -2.15. The molecule has 4 aromatic rings. The average molecular weight is 779 g/mol. The zero-order valence-corrected chi connectivity index (χ0v) is 33.7. The average Bonchev–Trinajstić information content (AvgIpc) is 3.12. The number of carbonyl (C=O) groups is 2. The summed E-state index contributed by atoms with van der Waals surface area (Å²) in [5.41, 5.74) is 6.59. The molecule has 0 aliphatic rings. The van der Waals surface area contributed by atoms with E-state index in [9.17, 15) is 18.0 Å². The quantitative estimate of drug-likeness (QED) is 0.107. The maximum absolute atomic E-state index is 13.4. The lowest BCUT2D eigenvalue weighted by atomic mass is 9.94. The highest BCUT2D eigenvalue weighted by molar-refractivity contribution is 7.92. The number of hydrogen-bond donors (Lipinski definition) is 4. The zero-order chi connectivity index (χ0) is 39.5. The standard InChI is InChI=1S/C38H50N8O6S2/c1-25-29(11-9-13-31(25)45-37(47)33-19-35(51-3)27(23-41-33)21-39-15-17-43-53(5,6)49)30-12-10-14-32(26(30)2)46-38(48)34-20-36(52-4)28(24-42-34)22-40-16-18-44-54(7,8)50/h9-14,19-20,23-24,39-40H,15-18,21-22H2,1-8H3,(H,45,47)(H,46,48). The van der Waals surface area contributed by atoms with Crippen LogP contribution < -0.4 is 30.7 Å². The molecule has 54 heavy (non-hydrogen) atoms. The van der Waals surface area contributed by atoms with Crippen LogP contribution >= 0.6 is 0 Å². The van der Waals surface area contributed by atoms with Crippen molar-refractivity contribution in [2.24, 2.45) is 8.73 Å². The molecule has 290 valence electrons. The molecule has 0 saturated carbocycles. The third kappa shape index (κ3) is 12.1. The second-order valence-corrected chi connectivity index (χ2v) is 18.3. The summed E-state index contributed by atoms with van der Waals surface area (Å²) in [5, 5.41) is 12.4. The van der Waals surface area contributed by atoms with Crippen LogP contribution in [0, 0.1) is 13.8 Å². The highest BCUT2D eigenvalue weighted by Crippen LogP contribution is 2.34. The maximum Gasteiger partial charge on any atom is 0.274 e. The fourth-order valence-electron chi connectivity index (χ4n) is 5.46. The number of hydrogen-bond acceptors (Lipinski definition) is 12. The minimum absolute atomic E-state index is 0.194. The molecule has 2 aromatic heterocycles. The molecule has 2 amide bonds. The van der Waals surface area contributed by atoms with E-state index in [4.69, 9.17) is 9.47 Å². The molecule has 0 atom stereocenters. The van der Waals surface area contributed by atoms with Crippen LogP contribution in [0.15, 0.2) is 69.7 Å². The second kappa shape index (κ2) is 18.9. The third-order valence-electron chi connectivity index (χ3n) is 8.26. The molecule has 2 aromatic carbocycles. The first-order valence-corrected chi connectivity index (χ1v) is 21.8. The van der Waals surface area contributed by atoms with Gasteiger partial charge in [0.25, 0.3) is 11.8 Å². The van der Waals surface area contributed by atoms with Crippen LogP contribution in [0.4, 0.5) is 11.4 Å². The number of anilines is 2. The van der Waals surface area contributed by atoms with Gasteiger partial charge >= 0.3 is 0 Å². The zero-order valence-electron chi connectivity index (χ0n) is 32.1. The van der Waals surface area contributed by atoms with Crippen molar-refractivity contribution in [3.63, 3.8) is 0 Å². The maximum atomic E-state index is 13.4. The Bertz CT molecular complexity index is 2070. The number of aromatic nitrogens is 2. The summed E-state index contributed by atoms with van der Waals surface area (Å²) in [5.74, 6) is 0.242. The number of amides is 2. The van der Waals surface area contributed by atoms with E-state index in [0.29, 0.717) is 62.1 Å². The van der Waals surface area contributed by atoms with Gasteiger partial charge in [0, 0.05) is 118 Å². The molecule has 0 saturated heterocycles. The number of benzene rings is 2. The molecule has 0 bridgehead atoms. The van der Waals surface area contributed by atoms with E-state index < -0.39 is 31.3 Å². The number of methoxy groups -OCH3 is 2. The van der Waals surface area contributed by atoms with Crippen molar-refractivity contribution in [3.05, 3.63) is 94.6 Å². The first-order chi connectivity index (χ1) is 25.6. The van der Waals surface area contributed by atoms with Gasteiger partial charge in [-0.25, -0.2) is 8.73 Å². The normalized spacial score (nSPS) is 11.5. The summed E-state index contributed by atoms with van der Waals surface area (Å²) in [7, 11) is -1.22. The second-order valence-electron chi connectivity index (χ2n) is 13.0. The number of nitrogens with zero attached hydrogens (tertiary/aromatic N) is 4. The van der Waals surface area contributed by atoms with E-state index in [2.05, 4.69) is 40.0 Å². The van der Waals surface area contributed by atoms with Crippen LogP contribution in [0.1, 0.15) is 43.2 Å². The molecule has 4 N–H and O–H groups in total. The molecule has 0 radical (unpaired) electrons. The Morgan fingerprint density at radius 3 is 1.41 bits per heavy atom. The Labute approximate surface area is 318 Å². The number of pyridine rings is 2. The van der Waals surface area contributed by atoms with Gasteiger partial charge in [-0.2, -0.15) is 0 Å². The molecule has 16 heteroatoms. The van der Waals surface area contributed by atoms with Gasteiger partial charge in [-0.1, -0.05) is 24.3 Å². The van der Waals surface area contributed by atoms with Gasteiger partial charge in [-0.05, 0) is 48.2 Å². The monoisotopic (exact) mass is 778 g/mol. The molecule has 4 rings (SSSR count). The fourth-order valence-corrected chi connectivity index (χ4v) is 6.52. The highest BCUT2D eigenvalue weighted by atomic mass is 32.2. The lowest BCUT2D eigenvalue weighted by Crippen LogP contribution is -2.19. The summed E-state index contributed by atoms with van der Waals surface area (Å²) < 4.78 is 42.9. The first-order valence-electron chi connectivity index (χ1n) is 17.2. The molecule has 0 aliphatic carbocycles. The van der Waals surface area contributed by atoms with Crippen molar-refractivity contribution in [2.45, 2.75) is 26.9 Å². The lowest BCUT2D eigenvalue weighted by molar-refractivity contribution is 0.101. The van der Waals surface area contributed by atoms with E-state index in [0.717, 1.165) is 33.4 Å². The van der Waals surface area contributed by atoms with Crippen molar-refractivity contribution in [2.75, 3.05) is 76.1 Å². The Morgan fingerprint density at radius 2 is 1.06 bits per heavy atom. The van der Waals surface area contributed by atoms with Gasteiger partial charge in [0.1, 0.15) is 22.9 Å². The molecule has 0 aliphatic heterocycles. The van der Waals surface area contributed by atoms with Crippen molar-refractivity contribution in [1.29, 1.82) is 0 Å². The Morgan fingerprint density at radius 1 is 0.667 bits per heavy atom. The molecule has 0 unspecified atom stereocenters. The number of rotatable bonds is 17. The van der Waals surface area contributed by atoms with Gasteiger partial charge in [0.2, 0.25) is 0 Å². The number of nitrogens with one attached hydrogen (secondary N) is 4. The molecular formula is C38H50N8O6S2. The summed E-state index contributed by atoms with van der Waals surface area (Å²) in [4.78, 5) is 35.5. The van der Waals surface area contributed by atoms with Crippen LogP contribution in [0.3, 0.4) is 0 Å². The smallest absolute Gasteiger partial charge is 0.274 e. The molecule has 2 heterocycles. The SMILES string of the molecule is COc1cc(C(=O)Nc2cccc(-c3cccc(NC(=O)c4cc(OC)c(CNCCN=S(C)(C)=O)cn4)c3C)c2C)ncc1CNCCN=S(C)(C)=O. The third-order valence-corrected chi connectivity index (χ3v) is 9.87. The summed E-state index contributed by atoms with van der Waals surface area (Å²) in [6, 6.07) is 14.5. The summed E-state index contributed by atoms with van der Waals surface area (Å²) in [6.45, 7) is 6.65. The number of carbonyl (C=O) groups excluding carboxylic acids is 2. The fraction of sp³-hybridized carbons (Fsp3) is 0.368. The van der Waals surface area contributed by atoms with Crippen LogP contribution in [0.25, 0.3) is 11.1 Å². The number of ether oxygens (including phenoxy) is 2. The van der Waals surface area contributed by atoms with Gasteiger partial charge in [-0.3, -0.25) is 28.0 Å². The Hall–Kier alpha value is -4.90. The van der Waals surface area contributed by atoms with E-state index >= 15 is 0 Å². The van der Waals surface area contributed by atoms with Gasteiger partial charge in [0.15, 0.2) is 0 Å². The molecule has 0 spiro atoms. The predicted octanol–water partition coefficient (Wildman–Crippen LogP) is 4.92. The van der Waals surface area contributed by atoms with Crippen LogP contribution in [0.2, 0.25) is 0 Å². The van der Waals surface area contributed by atoms with Crippen molar-refractivity contribution < 1.29 is 27.5 Å². The molecular weight excluding hydrogens is 729 g/mol. The predicted molar refractivity (Wildman–Crippen MR) is 217 cm³/mol. The highest BCUT2D eigenvalue weighted by Gasteiger charge is 2.18. The van der Waals surface area contributed by atoms with E-state index in [1.54, 1.807) is 49.5 Å². The van der Waals surface area contributed by atoms with Gasteiger partial charge in [0.05, 0.1) is 27.3 Å². The molecule has 14 nitrogen and oxygen atoms in total. The summed E-state index contributed by atoms with van der Waals surface area (Å²) in [6.07, 6.45) is 9.60. The molecule has 0 fully saturated rings. The van der Waals surface area contributed by atoms with E-state index in [1.807, 2.05) is 50.2 Å². The first kappa shape index (κ1) is 41.9. The van der Waals surface area contributed by atoms with Crippen molar-refractivity contribution in [3.8, 4) is 22.6 Å². The van der Waals surface area contributed by atoms with E-state index in [-0.39, 0.29) is 11.4 Å². The van der Waals surface area contributed by atoms with Crippen LogP contribution in [-0.2, 0) is 32.5 Å². The Balaban J connectivity index is 1.45. The van der Waals surface area contributed by atoms with Gasteiger partial charge in [-0.15, -0.1) is 0 Å². The van der Waals surface area contributed by atoms with Crippen LogP contribution in [-0.4, -0.2) is 95.6 Å². The topological polar surface area (TPSA) is 185 Å². The summed E-state index contributed by atoms with van der Waals surface area (Å²) >= 11 is 0.